The fourth-order valence-electron chi connectivity index (χ4n) is 3.80. The number of hydrogen-bond acceptors (Lipinski definition) is 5. The lowest BCUT2D eigenvalue weighted by atomic mass is 9.98. The van der Waals surface area contributed by atoms with Crippen LogP contribution in [0.2, 0.25) is 5.02 Å². The Morgan fingerprint density at radius 1 is 1.12 bits per heavy atom. The van der Waals surface area contributed by atoms with Gasteiger partial charge in [0.15, 0.2) is 0 Å². The summed E-state index contributed by atoms with van der Waals surface area (Å²) in [6.07, 6.45) is 1.58. The zero-order valence-corrected chi connectivity index (χ0v) is 19.9. The number of anilines is 1. The Morgan fingerprint density at radius 3 is 2.59 bits per heavy atom. The minimum Gasteiger partial charge on any atom is -0.507 e. The molecular weight excluding hydrogens is 452 g/mol. The van der Waals surface area contributed by atoms with Crippen molar-refractivity contribution >= 4 is 34.7 Å². The Labute approximate surface area is 203 Å². The minimum atomic E-state index is -0.916. The third-order valence-electron chi connectivity index (χ3n) is 5.54. The molecule has 1 aliphatic heterocycles. The van der Waals surface area contributed by atoms with Crippen LogP contribution in [0, 0.1) is 12.8 Å². The molecule has 4 rings (SSSR count). The van der Waals surface area contributed by atoms with Crippen LogP contribution in [0.3, 0.4) is 0 Å². The quantitative estimate of drug-likeness (QED) is 0.280. The fraction of sp³-hybridized carbons (Fsp3) is 0.222. The van der Waals surface area contributed by atoms with Gasteiger partial charge in [0, 0.05) is 22.5 Å². The van der Waals surface area contributed by atoms with Crippen LogP contribution < -0.4 is 9.64 Å². The van der Waals surface area contributed by atoms with Gasteiger partial charge in [-0.05, 0) is 54.8 Å². The lowest BCUT2D eigenvalue weighted by Gasteiger charge is -2.25. The molecule has 0 radical (unpaired) electrons. The molecule has 2 heterocycles. The fourth-order valence-corrected chi connectivity index (χ4v) is 3.97. The number of nitrogens with zero attached hydrogens (tertiary/aromatic N) is 2. The third-order valence-corrected chi connectivity index (χ3v) is 5.94. The van der Waals surface area contributed by atoms with Crippen molar-refractivity contribution in [2.45, 2.75) is 26.8 Å². The molecule has 6 nitrogen and oxygen atoms in total. The number of carbonyl (C=O) groups excluding carboxylic acids is 2. The van der Waals surface area contributed by atoms with Crippen molar-refractivity contribution in [2.24, 2.45) is 5.92 Å². The first-order chi connectivity index (χ1) is 16.3. The Kier molecular flexibility index (Phi) is 6.70. The van der Waals surface area contributed by atoms with Crippen molar-refractivity contribution in [3.63, 3.8) is 0 Å². The van der Waals surface area contributed by atoms with Crippen molar-refractivity contribution in [3.05, 3.63) is 94.3 Å². The van der Waals surface area contributed by atoms with Crippen molar-refractivity contribution in [3.8, 4) is 5.75 Å². The van der Waals surface area contributed by atoms with Gasteiger partial charge in [-0.25, -0.2) is 0 Å². The van der Waals surface area contributed by atoms with Gasteiger partial charge in [-0.15, -0.1) is 0 Å². The van der Waals surface area contributed by atoms with Crippen molar-refractivity contribution in [1.29, 1.82) is 0 Å². The number of Topliss-reactive ketones (excluding diaryl/α,β-unsaturated/α-hetero) is 1. The van der Waals surface area contributed by atoms with Gasteiger partial charge in [-0.3, -0.25) is 19.5 Å². The highest BCUT2D eigenvalue weighted by molar-refractivity contribution is 6.51. The predicted molar refractivity (Wildman–Crippen MR) is 132 cm³/mol. The summed E-state index contributed by atoms with van der Waals surface area (Å²) in [7, 11) is 0. The number of amides is 1. The molecule has 0 spiro atoms. The van der Waals surface area contributed by atoms with E-state index in [4.69, 9.17) is 16.3 Å². The second-order valence-corrected chi connectivity index (χ2v) is 9.00. The number of aliphatic hydroxyl groups is 1. The number of benzene rings is 2. The maximum absolute atomic E-state index is 13.2. The van der Waals surface area contributed by atoms with Crippen LogP contribution in [0.1, 0.15) is 36.7 Å². The van der Waals surface area contributed by atoms with Gasteiger partial charge >= 0.3 is 0 Å². The number of rotatable bonds is 6. The molecule has 1 fully saturated rings. The van der Waals surface area contributed by atoms with E-state index in [1.165, 1.54) is 4.90 Å². The van der Waals surface area contributed by atoms with Gasteiger partial charge in [0.2, 0.25) is 0 Å². The molecule has 34 heavy (non-hydrogen) atoms. The molecule has 3 aromatic rings. The molecule has 1 unspecified atom stereocenters. The van der Waals surface area contributed by atoms with Gasteiger partial charge < -0.3 is 9.84 Å². The molecule has 0 bridgehead atoms. The van der Waals surface area contributed by atoms with E-state index in [9.17, 15) is 14.7 Å². The smallest absolute Gasteiger partial charge is 0.300 e. The number of carbonyl (C=O) groups is 2. The van der Waals surface area contributed by atoms with Crippen molar-refractivity contribution in [1.82, 2.24) is 4.98 Å². The van der Waals surface area contributed by atoms with Crippen LogP contribution in [-0.4, -0.2) is 28.4 Å². The molecule has 1 N–H and O–H groups in total. The third kappa shape index (κ3) is 4.54. The summed E-state index contributed by atoms with van der Waals surface area (Å²) in [4.78, 5) is 32.2. The summed E-state index contributed by atoms with van der Waals surface area (Å²) in [5, 5.41) is 11.7. The largest absolute Gasteiger partial charge is 0.507 e. The van der Waals surface area contributed by atoms with E-state index in [0.29, 0.717) is 40.2 Å². The molecule has 1 saturated heterocycles. The zero-order valence-electron chi connectivity index (χ0n) is 19.2. The minimum absolute atomic E-state index is 0.0404. The topological polar surface area (TPSA) is 79.7 Å². The second-order valence-electron chi connectivity index (χ2n) is 8.59. The average Bonchev–Trinajstić information content (AvgIpc) is 3.10. The van der Waals surface area contributed by atoms with Crippen LogP contribution >= 0.6 is 11.6 Å². The van der Waals surface area contributed by atoms with Crippen LogP contribution in [0.4, 0.5) is 5.69 Å². The molecule has 1 aromatic heterocycles. The highest BCUT2D eigenvalue weighted by Gasteiger charge is 2.47. The second kappa shape index (κ2) is 9.69. The van der Waals surface area contributed by atoms with E-state index < -0.39 is 17.7 Å². The molecule has 0 saturated carbocycles. The maximum atomic E-state index is 13.2. The maximum Gasteiger partial charge on any atom is 0.300 e. The van der Waals surface area contributed by atoms with E-state index >= 15 is 0 Å². The predicted octanol–water partition coefficient (Wildman–Crippen LogP) is 5.70. The monoisotopic (exact) mass is 476 g/mol. The van der Waals surface area contributed by atoms with Crippen molar-refractivity contribution < 1.29 is 19.4 Å². The van der Waals surface area contributed by atoms with Gasteiger partial charge in [-0.1, -0.05) is 49.7 Å². The molecule has 2 aromatic carbocycles. The lowest BCUT2D eigenvalue weighted by Crippen LogP contribution is -2.29. The average molecular weight is 477 g/mol. The van der Waals surface area contributed by atoms with Gasteiger partial charge in [0.25, 0.3) is 11.7 Å². The zero-order chi connectivity index (χ0) is 24.4. The summed E-state index contributed by atoms with van der Waals surface area (Å²) >= 11 is 6.32. The number of hydrogen-bond donors (Lipinski definition) is 1. The van der Waals surface area contributed by atoms with E-state index in [1.807, 2.05) is 20.8 Å². The molecule has 1 amide bonds. The normalized spacial score (nSPS) is 17.4. The SMILES string of the molecule is Cc1ccc(N2C(=O)C(=O)/C(=C(/O)c3cccc(OCC(C)C)c3)C2c2ccccn2)cc1Cl. The number of pyridine rings is 1. The van der Waals surface area contributed by atoms with E-state index in [-0.39, 0.29) is 11.3 Å². The Bertz CT molecular complexity index is 1270. The van der Waals surface area contributed by atoms with Crippen LogP contribution in [0.25, 0.3) is 5.76 Å². The molecule has 174 valence electrons. The van der Waals surface area contributed by atoms with Gasteiger partial charge in [-0.2, -0.15) is 0 Å². The number of ketones is 1. The number of aromatic nitrogens is 1. The number of aliphatic hydroxyl groups excluding tert-OH is 1. The first-order valence-corrected chi connectivity index (χ1v) is 11.4. The molecule has 1 atom stereocenters. The van der Waals surface area contributed by atoms with Crippen LogP contribution in [-0.2, 0) is 9.59 Å². The summed E-state index contributed by atoms with van der Waals surface area (Å²) in [6.45, 7) is 6.44. The summed E-state index contributed by atoms with van der Waals surface area (Å²) in [5.74, 6) is -0.952. The van der Waals surface area contributed by atoms with E-state index in [0.717, 1.165) is 5.56 Å². The first-order valence-electron chi connectivity index (χ1n) is 11.0. The number of aryl methyl sites for hydroxylation is 1. The Balaban J connectivity index is 1.86. The molecular formula is C27H25ClN2O4. The number of halogens is 1. The van der Waals surface area contributed by atoms with Crippen molar-refractivity contribution in [2.75, 3.05) is 11.5 Å². The van der Waals surface area contributed by atoms with Crippen LogP contribution in [0.5, 0.6) is 5.75 Å². The lowest BCUT2D eigenvalue weighted by molar-refractivity contribution is -0.132. The van der Waals surface area contributed by atoms with E-state index in [1.54, 1.807) is 66.9 Å². The van der Waals surface area contributed by atoms with E-state index in [2.05, 4.69) is 4.98 Å². The Hall–Kier alpha value is -3.64. The van der Waals surface area contributed by atoms with Gasteiger partial charge in [0.05, 0.1) is 17.9 Å². The van der Waals surface area contributed by atoms with Gasteiger partial charge in [0.1, 0.15) is 17.6 Å². The molecule has 7 heteroatoms. The standard InChI is InChI=1S/C27H25ClN2O4/c1-16(2)15-34-20-8-6-7-18(13-20)25(31)23-24(22-9-4-5-12-29-22)30(27(33)26(23)32)19-11-10-17(3)21(28)14-19/h4-14,16,24,31H,15H2,1-3H3/b25-23+. The molecule has 1 aliphatic rings. The Morgan fingerprint density at radius 2 is 1.91 bits per heavy atom. The number of ether oxygens (including phenoxy) is 1. The summed E-state index contributed by atoms with van der Waals surface area (Å²) in [6, 6.07) is 16.3. The summed E-state index contributed by atoms with van der Waals surface area (Å²) < 4.78 is 5.77. The van der Waals surface area contributed by atoms with Crippen LogP contribution in [0.15, 0.2) is 72.4 Å². The highest BCUT2D eigenvalue weighted by atomic mass is 35.5. The molecule has 0 aliphatic carbocycles. The summed E-state index contributed by atoms with van der Waals surface area (Å²) in [5.41, 5.74) is 2.08. The highest BCUT2D eigenvalue weighted by Crippen LogP contribution is 2.42. The first kappa shape index (κ1) is 23.5.